The van der Waals surface area contributed by atoms with Crippen molar-refractivity contribution in [1.29, 1.82) is 0 Å². The molecule has 0 saturated heterocycles. The molecule has 0 fully saturated rings. The Labute approximate surface area is 142 Å². The van der Waals surface area contributed by atoms with Gasteiger partial charge in [0.2, 0.25) is 0 Å². The van der Waals surface area contributed by atoms with Gasteiger partial charge in [-0.15, -0.1) is 0 Å². The van der Waals surface area contributed by atoms with Crippen LogP contribution in [0.2, 0.25) is 0 Å². The van der Waals surface area contributed by atoms with E-state index in [1.54, 1.807) is 26.0 Å². The molecule has 0 radical (unpaired) electrons. The third kappa shape index (κ3) is 4.03. The Bertz CT molecular complexity index is 942. The summed E-state index contributed by atoms with van der Waals surface area (Å²) in [5.74, 6) is 0. The lowest BCUT2D eigenvalue weighted by molar-refractivity contribution is 0.325. The first-order valence-electron chi connectivity index (χ1n) is 7.24. The molecule has 1 aromatic heterocycles. The van der Waals surface area contributed by atoms with E-state index in [0.717, 1.165) is 15.9 Å². The molecular formula is C15H20N2O5S2. The molecule has 0 bridgehead atoms. The molecule has 0 unspecified atom stereocenters. The van der Waals surface area contributed by atoms with E-state index >= 15 is 0 Å². The molecule has 0 aliphatic carbocycles. The van der Waals surface area contributed by atoms with Crippen molar-refractivity contribution in [3.63, 3.8) is 0 Å². The summed E-state index contributed by atoms with van der Waals surface area (Å²) in [6.45, 7) is 5.14. The largest absolute Gasteiger partial charge is 0.283 e. The number of benzene rings is 1. The molecule has 1 heterocycles. The standard InChI is InChI=1S/C15H20N2O5S2/c1-11-5-7-14(8-6-11)24(20,21)17-13(3)15(12(2)16-17)9-10-22-23(4,18)19/h5-8H,9-10H2,1-4H3. The molecule has 0 spiro atoms. The van der Waals surface area contributed by atoms with Crippen molar-refractivity contribution < 1.29 is 21.0 Å². The van der Waals surface area contributed by atoms with E-state index in [2.05, 4.69) is 5.10 Å². The van der Waals surface area contributed by atoms with E-state index in [1.807, 2.05) is 6.92 Å². The van der Waals surface area contributed by atoms with Crippen LogP contribution >= 0.6 is 0 Å². The van der Waals surface area contributed by atoms with Crippen LogP contribution in [0.4, 0.5) is 0 Å². The molecule has 0 saturated carbocycles. The highest BCUT2D eigenvalue weighted by Gasteiger charge is 2.23. The molecule has 132 valence electrons. The second-order valence-corrected chi connectivity index (χ2v) is 9.00. The molecule has 7 nitrogen and oxygen atoms in total. The fraction of sp³-hybridized carbons (Fsp3) is 0.400. The van der Waals surface area contributed by atoms with Crippen LogP contribution in [-0.2, 0) is 30.7 Å². The first-order chi connectivity index (χ1) is 11.0. The monoisotopic (exact) mass is 372 g/mol. The van der Waals surface area contributed by atoms with E-state index < -0.39 is 20.1 Å². The summed E-state index contributed by atoms with van der Waals surface area (Å²) in [5.41, 5.74) is 2.60. The summed E-state index contributed by atoms with van der Waals surface area (Å²) in [4.78, 5) is 0.151. The van der Waals surface area contributed by atoms with Crippen molar-refractivity contribution in [2.24, 2.45) is 0 Å². The minimum Gasteiger partial charge on any atom is -0.270 e. The van der Waals surface area contributed by atoms with Crippen molar-refractivity contribution in [2.45, 2.75) is 32.1 Å². The molecule has 2 rings (SSSR count). The van der Waals surface area contributed by atoms with Crippen molar-refractivity contribution in [1.82, 2.24) is 9.19 Å². The third-order valence-corrected chi connectivity index (χ3v) is 5.87. The van der Waals surface area contributed by atoms with Gasteiger partial charge in [0.1, 0.15) is 0 Å². The first kappa shape index (κ1) is 18.6. The van der Waals surface area contributed by atoms with Gasteiger partial charge in [-0.25, -0.2) is 0 Å². The Balaban J connectivity index is 2.35. The summed E-state index contributed by atoms with van der Waals surface area (Å²) in [7, 11) is -7.33. The lowest BCUT2D eigenvalue weighted by Crippen LogP contribution is -2.16. The molecule has 0 aliphatic heterocycles. The highest BCUT2D eigenvalue weighted by molar-refractivity contribution is 7.89. The molecule has 0 atom stereocenters. The summed E-state index contributed by atoms with van der Waals surface area (Å²) >= 11 is 0. The van der Waals surface area contributed by atoms with Crippen LogP contribution in [0.5, 0.6) is 0 Å². The van der Waals surface area contributed by atoms with Gasteiger partial charge in [-0.1, -0.05) is 17.7 Å². The smallest absolute Gasteiger partial charge is 0.270 e. The quantitative estimate of drug-likeness (QED) is 0.714. The molecule has 24 heavy (non-hydrogen) atoms. The van der Waals surface area contributed by atoms with Crippen LogP contribution in [0, 0.1) is 20.8 Å². The lowest BCUT2D eigenvalue weighted by atomic mass is 10.1. The summed E-state index contributed by atoms with van der Waals surface area (Å²) in [6, 6.07) is 6.51. The predicted octanol–water partition coefficient (Wildman–Crippen LogP) is 1.56. The minimum absolute atomic E-state index is 0.0587. The van der Waals surface area contributed by atoms with Gasteiger partial charge in [-0.3, -0.25) is 4.18 Å². The maximum Gasteiger partial charge on any atom is 0.283 e. The van der Waals surface area contributed by atoms with Gasteiger partial charge in [-0.2, -0.15) is 26.0 Å². The summed E-state index contributed by atoms with van der Waals surface area (Å²) in [6.07, 6.45) is 1.23. The Morgan fingerprint density at radius 3 is 2.17 bits per heavy atom. The molecule has 2 aromatic rings. The average molecular weight is 372 g/mol. The number of nitrogens with zero attached hydrogens (tertiary/aromatic N) is 2. The highest BCUT2D eigenvalue weighted by atomic mass is 32.2. The zero-order valence-electron chi connectivity index (χ0n) is 14.0. The Morgan fingerprint density at radius 2 is 1.62 bits per heavy atom. The van der Waals surface area contributed by atoms with E-state index in [1.165, 1.54) is 12.1 Å². The van der Waals surface area contributed by atoms with Gasteiger partial charge >= 0.3 is 0 Å². The normalized spacial score (nSPS) is 12.5. The van der Waals surface area contributed by atoms with Crippen LogP contribution in [0.3, 0.4) is 0 Å². The van der Waals surface area contributed by atoms with Crippen LogP contribution in [-0.4, -0.2) is 38.9 Å². The number of rotatable bonds is 6. The SMILES string of the molecule is Cc1ccc(S(=O)(=O)n2nc(C)c(CCOS(C)(=O)=O)c2C)cc1. The zero-order chi connectivity index (χ0) is 18.1. The molecule has 0 aliphatic rings. The molecule has 0 N–H and O–H groups in total. The van der Waals surface area contributed by atoms with E-state index in [-0.39, 0.29) is 17.9 Å². The van der Waals surface area contributed by atoms with Gasteiger partial charge in [0.25, 0.3) is 20.1 Å². The van der Waals surface area contributed by atoms with Crippen LogP contribution in [0.15, 0.2) is 29.2 Å². The Hall–Kier alpha value is -1.71. The van der Waals surface area contributed by atoms with Crippen molar-refractivity contribution >= 4 is 20.1 Å². The Morgan fingerprint density at radius 1 is 1.04 bits per heavy atom. The number of hydrogen-bond donors (Lipinski definition) is 0. The summed E-state index contributed by atoms with van der Waals surface area (Å²) in [5, 5.41) is 4.12. The van der Waals surface area contributed by atoms with E-state index in [9.17, 15) is 16.8 Å². The van der Waals surface area contributed by atoms with Gasteiger partial charge in [0.15, 0.2) is 0 Å². The number of hydrogen-bond acceptors (Lipinski definition) is 6. The zero-order valence-corrected chi connectivity index (χ0v) is 15.6. The molecule has 1 aromatic carbocycles. The first-order valence-corrected chi connectivity index (χ1v) is 10.5. The van der Waals surface area contributed by atoms with Crippen LogP contribution in [0.25, 0.3) is 0 Å². The van der Waals surface area contributed by atoms with Gasteiger partial charge in [0, 0.05) is 6.42 Å². The topological polar surface area (TPSA) is 95.3 Å². The van der Waals surface area contributed by atoms with Gasteiger partial charge in [0.05, 0.1) is 29.1 Å². The second-order valence-electron chi connectivity index (χ2n) is 5.59. The fourth-order valence-electron chi connectivity index (χ4n) is 2.35. The number of aromatic nitrogens is 2. The molecule has 0 amide bonds. The van der Waals surface area contributed by atoms with Crippen molar-refractivity contribution in [2.75, 3.05) is 12.9 Å². The highest BCUT2D eigenvalue weighted by Crippen LogP contribution is 2.21. The average Bonchev–Trinajstić information content (AvgIpc) is 2.75. The molecule has 9 heteroatoms. The van der Waals surface area contributed by atoms with Crippen LogP contribution in [0.1, 0.15) is 22.5 Å². The van der Waals surface area contributed by atoms with Crippen molar-refractivity contribution in [3.8, 4) is 0 Å². The lowest BCUT2D eigenvalue weighted by Gasteiger charge is -2.07. The van der Waals surface area contributed by atoms with Crippen LogP contribution < -0.4 is 0 Å². The second kappa shape index (κ2) is 6.66. The molecular weight excluding hydrogens is 352 g/mol. The van der Waals surface area contributed by atoms with Gasteiger partial charge < -0.3 is 0 Å². The van der Waals surface area contributed by atoms with Crippen molar-refractivity contribution in [3.05, 3.63) is 46.8 Å². The Kier molecular flexibility index (Phi) is 5.17. The van der Waals surface area contributed by atoms with Gasteiger partial charge in [-0.05, 0) is 38.5 Å². The minimum atomic E-state index is -3.80. The summed E-state index contributed by atoms with van der Waals surface area (Å²) < 4.78 is 53.2. The van der Waals surface area contributed by atoms with E-state index in [4.69, 9.17) is 4.18 Å². The maximum atomic E-state index is 12.7. The fourth-order valence-corrected chi connectivity index (χ4v) is 4.12. The maximum absolute atomic E-state index is 12.7. The predicted molar refractivity (Wildman–Crippen MR) is 90.0 cm³/mol. The number of aryl methyl sites for hydroxylation is 2. The third-order valence-electron chi connectivity index (χ3n) is 3.60. The van der Waals surface area contributed by atoms with E-state index in [0.29, 0.717) is 17.0 Å².